The monoisotopic (exact) mass is 250 g/mol. The smallest absolute Gasteiger partial charge is 0.186 e. The predicted octanol–water partition coefficient (Wildman–Crippen LogP) is -1.15. The Kier molecular flexibility index (Phi) is 5.78. The summed E-state index contributed by atoms with van der Waals surface area (Å²) in [5.41, 5.74) is 0. The first kappa shape index (κ1) is 14.8. The first-order valence-electron chi connectivity index (χ1n) is 5.89. The topological polar surface area (TPSA) is 99.4 Å². The first-order valence-corrected chi connectivity index (χ1v) is 5.89. The summed E-state index contributed by atoms with van der Waals surface area (Å²) in [7, 11) is 0. The zero-order valence-electron chi connectivity index (χ0n) is 10.2. The molecule has 0 bridgehead atoms. The zero-order chi connectivity index (χ0) is 13.0. The minimum absolute atomic E-state index is 0.389. The van der Waals surface area contributed by atoms with Gasteiger partial charge in [0.1, 0.15) is 24.4 Å². The molecule has 0 radical (unpaired) electrons. The van der Waals surface area contributed by atoms with Crippen LogP contribution in [0, 0.1) is 5.92 Å². The molecular formula is C11H22O6. The van der Waals surface area contributed by atoms with E-state index < -0.39 is 37.3 Å². The van der Waals surface area contributed by atoms with Gasteiger partial charge in [-0.3, -0.25) is 0 Å². The lowest BCUT2D eigenvalue weighted by Crippen LogP contribution is -2.59. The Morgan fingerprint density at radius 2 is 1.76 bits per heavy atom. The van der Waals surface area contributed by atoms with Crippen LogP contribution >= 0.6 is 0 Å². The molecule has 102 valence electrons. The largest absolute Gasteiger partial charge is 0.394 e. The van der Waals surface area contributed by atoms with Gasteiger partial charge in [-0.2, -0.15) is 0 Å². The quantitative estimate of drug-likeness (QED) is 0.492. The van der Waals surface area contributed by atoms with Crippen molar-refractivity contribution in [3.8, 4) is 0 Å². The summed E-state index contributed by atoms with van der Waals surface area (Å²) >= 11 is 0. The highest BCUT2D eigenvalue weighted by atomic mass is 16.7. The number of hydrogen-bond donors (Lipinski definition) is 4. The molecule has 5 atom stereocenters. The van der Waals surface area contributed by atoms with Gasteiger partial charge in [-0.15, -0.1) is 0 Å². The van der Waals surface area contributed by atoms with E-state index in [2.05, 4.69) is 0 Å². The third-order valence-corrected chi connectivity index (χ3v) is 2.83. The average molecular weight is 250 g/mol. The maximum Gasteiger partial charge on any atom is 0.186 e. The average Bonchev–Trinajstić information content (AvgIpc) is 2.29. The highest BCUT2D eigenvalue weighted by Gasteiger charge is 2.43. The molecule has 6 nitrogen and oxygen atoms in total. The van der Waals surface area contributed by atoms with Crippen molar-refractivity contribution in [2.45, 2.75) is 51.0 Å². The Balaban J connectivity index is 2.47. The van der Waals surface area contributed by atoms with Crippen molar-refractivity contribution in [1.82, 2.24) is 0 Å². The fraction of sp³-hybridized carbons (Fsp3) is 1.00. The molecule has 0 aliphatic carbocycles. The van der Waals surface area contributed by atoms with E-state index in [1.165, 1.54) is 0 Å². The van der Waals surface area contributed by atoms with Gasteiger partial charge in [-0.1, -0.05) is 13.8 Å². The van der Waals surface area contributed by atoms with Crippen LogP contribution < -0.4 is 0 Å². The van der Waals surface area contributed by atoms with Gasteiger partial charge in [-0.05, 0) is 12.3 Å². The van der Waals surface area contributed by atoms with E-state index in [0.29, 0.717) is 12.5 Å². The molecule has 0 aromatic heterocycles. The Morgan fingerprint density at radius 1 is 1.12 bits per heavy atom. The first-order chi connectivity index (χ1) is 7.97. The van der Waals surface area contributed by atoms with Gasteiger partial charge in [0.15, 0.2) is 6.29 Å². The standard InChI is InChI=1S/C11H22O6/c1-6(2)3-4-16-11-10(15)9(14)8(13)7(5-12)17-11/h6-15H,3-5H2,1-2H3. The van der Waals surface area contributed by atoms with Crippen LogP contribution in [0.1, 0.15) is 20.3 Å². The fourth-order valence-electron chi connectivity index (χ4n) is 1.63. The fourth-order valence-corrected chi connectivity index (χ4v) is 1.63. The number of aliphatic hydroxyl groups excluding tert-OH is 4. The molecule has 1 rings (SSSR count). The van der Waals surface area contributed by atoms with Crippen molar-refractivity contribution in [2.24, 2.45) is 5.92 Å². The molecule has 0 spiro atoms. The van der Waals surface area contributed by atoms with Gasteiger partial charge >= 0.3 is 0 Å². The summed E-state index contributed by atoms with van der Waals surface area (Å²) in [6.45, 7) is 4.03. The summed E-state index contributed by atoms with van der Waals surface area (Å²) in [5, 5.41) is 37.7. The molecule has 6 heteroatoms. The van der Waals surface area contributed by atoms with Crippen LogP contribution in [0.5, 0.6) is 0 Å². The summed E-state index contributed by atoms with van der Waals surface area (Å²) in [4.78, 5) is 0. The van der Waals surface area contributed by atoms with Gasteiger partial charge in [-0.25, -0.2) is 0 Å². The Labute approximate surface area is 101 Å². The second-order valence-electron chi connectivity index (χ2n) is 4.75. The predicted molar refractivity (Wildman–Crippen MR) is 59.2 cm³/mol. The van der Waals surface area contributed by atoms with E-state index in [4.69, 9.17) is 14.6 Å². The molecule has 1 fully saturated rings. The number of aliphatic hydroxyl groups is 4. The molecule has 0 aromatic carbocycles. The van der Waals surface area contributed by atoms with Gasteiger partial charge in [0.25, 0.3) is 0 Å². The van der Waals surface area contributed by atoms with E-state index in [0.717, 1.165) is 6.42 Å². The maximum atomic E-state index is 9.64. The van der Waals surface area contributed by atoms with Crippen molar-refractivity contribution >= 4 is 0 Å². The lowest BCUT2D eigenvalue weighted by atomic mass is 9.99. The van der Waals surface area contributed by atoms with Crippen LogP contribution in [0.25, 0.3) is 0 Å². The van der Waals surface area contributed by atoms with Crippen LogP contribution in [0.4, 0.5) is 0 Å². The molecule has 17 heavy (non-hydrogen) atoms. The normalized spacial score (nSPS) is 38.6. The molecule has 1 saturated heterocycles. The summed E-state index contributed by atoms with van der Waals surface area (Å²) in [5.74, 6) is 0.458. The van der Waals surface area contributed by atoms with Crippen LogP contribution in [-0.4, -0.2) is 64.3 Å². The Hall–Kier alpha value is -0.240. The molecule has 4 N–H and O–H groups in total. The van der Waals surface area contributed by atoms with E-state index in [1.807, 2.05) is 13.8 Å². The lowest BCUT2D eigenvalue weighted by Gasteiger charge is -2.39. The van der Waals surface area contributed by atoms with Crippen molar-refractivity contribution in [2.75, 3.05) is 13.2 Å². The van der Waals surface area contributed by atoms with Crippen LogP contribution in [0.2, 0.25) is 0 Å². The van der Waals surface area contributed by atoms with Crippen molar-refractivity contribution in [3.63, 3.8) is 0 Å². The van der Waals surface area contributed by atoms with Gasteiger partial charge < -0.3 is 29.9 Å². The van der Waals surface area contributed by atoms with Crippen molar-refractivity contribution < 1.29 is 29.9 Å². The van der Waals surface area contributed by atoms with Crippen LogP contribution in [0.15, 0.2) is 0 Å². The van der Waals surface area contributed by atoms with Gasteiger partial charge in [0.05, 0.1) is 13.2 Å². The van der Waals surface area contributed by atoms with Crippen LogP contribution in [0.3, 0.4) is 0 Å². The Bertz CT molecular complexity index is 220. The SMILES string of the molecule is CC(C)CCOC1OC(CO)C(O)C(O)C1O. The number of hydrogen-bond acceptors (Lipinski definition) is 6. The second-order valence-corrected chi connectivity index (χ2v) is 4.75. The molecule has 0 amide bonds. The van der Waals surface area contributed by atoms with Gasteiger partial charge in [0.2, 0.25) is 0 Å². The maximum absolute atomic E-state index is 9.64. The van der Waals surface area contributed by atoms with E-state index >= 15 is 0 Å². The Morgan fingerprint density at radius 3 is 2.29 bits per heavy atom. The molecule has 5 unspecified atom stereocenters. The van der Waals surface area contributed by atoms with E-state index in [1.54, 1.807) is 0 Å². The van der Waals surface area contributed by atoms with Crippen LogP contribution in [-0.2, 0) is 9.47 Å². The van der Waals surface area contributed by atoms with E-state index in [-0.39, 0.29) is 0 Å². The van der Waals surface area contributed by atoms with Crippen molar-refractivity contribution in [3.05, 3.63) is 0 Å². The van der Waals surface area contributed by atoms with Crippen molar-refractivity contribution in [1.29, 1.82) is 0 Å². The highest BCUT2D eigenvalue weighted by molar-refractivity contribution is 4.88. The third kappa shape index (κ3) is 3.87. The highest BCUT2D eigenvalue weighted by Crippen LogP contribution is 2.22. The molecule has 1 aliphatic rings. The summed E-state index contributed by atoms with van der Waals surface area (Å²) < 4.78 is 10.5. The minimum Gasteiger partial charge on any atom is -0.394 e. The number of ether oxygens (including phenoxy) is 2. The lowest BCUT2D eigenvalue weighted by molar-refractivity contribution is -0.301. The zero-order valence-corrected chi connectivity index (χ0v) is 10.2. The van der Waals surface area contributed by atoms with Gasteiger partial charge in [0, 0.05) is 0 Å². The van der Waals surface area contributed by atoms with E-state index in [9.17, 15) is 15.3 Å². The third-order valence-electron chi connectivity index (χ3n) is 2.83. The molecule has 1 aliphatic heterocycles. The minimum atomic E-state index is -1.37. The molecule has 1 heterocycles. The molecule has 0 saturated carbocycles. The summed E-state index contributed by atoms with van der Waals surface area (Å²) in [6, 6.07) is 0. The second kappa shape index (κ2) is 6.63. The number of rotatable bonds is 5. The summed E-state index contributed by atoms with van der Waals surface area (Å²) in [6.07, 6.45) is -5.12. The molecule has 0 aromatic rings. The molecular weight excluding hydrogens is 228 g/mol.